The van der Waals surface area contributed by atoms with Crippen LogP contribution in [0.1, 0.15) is 24.5 Å². The molecule has 0 spiro atoms. The Morgan fingerprint density at radius 1 is 1.27 bits per heavy atom. The van der Waals surface area contributed by atoms with Gasteiger partial charge in [-0.3, -0.25) is 4.40 Å². The van der Waals surface area contributed by atoms with E-state index in [0.717, 1.165) is 22.4 Å². The number of nitrogens with one attached hydrogen (secondary N) is 2. The molecule has 3 rings (SSSR count). The first-order valence-electron chi connectivity index (χ1n) is 8.49. The number of hydrogen-bond donors (Lipinski definition) is 2. The molecule has 0 bridgehead atoms. The van der Waals surface area contributed by atoms with E-state index in [-0.39, 0.29) is 5.75 Å². The Hall–Kier alpha value is -2.63. The molecule has 0 atom stereocenters. The fourth-order valence-electron chi connectivity index (χ4n) is 2.86. The summed E-state index contributed by atoms with van der Waals surface area (Å²) < 4.78 is 27.4. The highest BCUT2D eigenvalue weighted by Gasteiger charge is 2.14. The van der Waals surface area contributed by atoms with Gasteiger partial charge >= 0.3 is 0 Å². The van der Waals surface area contributed by atoms with E-state index in [9.17, 15) is 13.7 Å². The molecule has 0 aliphatic rings. The molecule has 2 aromatic heterocycles. The van der Waals surface area contributed by atoms with Gasteiger partial charge in [0.15, 0.2) is 5.65 Å². The quantitative estimate of drug-likeness (QED) is 0.621. The number of rotatable bonds is 7. The molecule has 0 amide bonds. The number of nitrogens with zero attached hydrogens (tertiary/aromatic N) is 3. The van der Waals surface area contributed by atoms with Gasteiger partial charge < -0.3 is 5.32 Å². The van der Waals surface area contributed by atoms with Crippen molar-refractivity contribution in [2.24, 2.45) is 0 Å². The van der Waals surface area contributed by atoms with Crippen molar-refractivity contribution in [3.63, 3.8) is 0 Å². The lowest BCUT2D eigenvalue weighted by Gasteiger charge is -2.12. The fourth-order valence-corrected chi connectivity index (χ4v) is 3.52. The standard InChI is InChI=1S/C18H21N5O2S/c1-3-26(24,25)21-10-6-9-20-17-11-13(2)14(12-19)18-22-15-7-4-5-8-16(15)23(17)18/h4-5,7-8,11,20-21H,3,6,9-10H2,1-2H3. The minimum absolute atomic E-state index is 0.0803. The first-order chi connectivity index (χ1) is 12.5. The second-order valence-electron chi connectivity index (χ2n) is 6.04. The summed E-state index contributed by atoms with van der Waals surface area (Å²) in [5.74, 6) is 0.917. The topological polar surface area (TPSA) is 99.3 Å². The van der Waals surface area contributed by atoms with Crippen molar-refractivity contribution in [2.75, 3.05) is 24.2 Å². The summed E-state index contributed by atoms with van der Waals surface area (Å²) >= 11 is 0. The van der Waals surface area contributed by atoms with Gasteiger partial charge in [-0.15, -0.1) is 0 Å². The maximum absolute atomic E-state index is 11.5. The molecule has 1 aromatic carbocycles. The SMILES string of the molecule is CCS(=O)(=O)NCCCNc1cc(C)c(C#N)c2nc3ccccc3n12. The average Bonchev–Trinajstić information content (AvgIpc) is 3.00. The number of aromatic nitrogens is 2. The number of nitriles is 1. The number of benzene rings is 1. The lowest BCUT2D eigenvalue weighted by molar-refractivity contribution is 0.581. The Labute approximate surface area is 152 Å². The van der Waals surface area contributed by atoms with Crippen LogP contribution in [0.2, 0.25) is 0 Å². The van der Waals surface area contributed by atoms with Crippen molar-refractivity contribution in [1.82, 2.24) is 14.1 Å². The summed E-state index contributed by atoms with van der Waals surface area (Å²) in [7, 11) is -3.16. The first kappa shape index (κ1) is 18.2. The van der Waals surface area contributed by atoms with E-state index in [1.54, 1.807) is 6.92 Å². The summed E-state index contributed by atoms with van der Waals surface area (Å²) in [4.78, 5) is 4.60. The molecule has 3 aromatic rings. The molecule has 0 aliphatic heterocycles. The highest BCUT2D eigenvalue weighted by molar-refractivity contribution is 7.89. The van der Waals surface area contributed by atoms with Crippen LogP contribution in [-0.2, 0) is 10.0 Å². The smallest absolute Gasteiger partial charge is 0.211 e. The molecule has 2 N–H and O–H groups in total. The Bertz CT molecular complexity index is 1100. The maximum Gasteiger partial charge on any atom is 0.211 e. The van der Waals surface area contributed by atoms with Gasteiger partial charge in [0, 0.05) is 13.1 Å². The predicted octanol–water partition coefficient (Wildman–Crippen LogP) is 2.41. The Morgan fingerprint density at radius 3 is 2.77 bits per heavy atom. The van der Waals surface area contributed by atoms with Crippen LogP contribution in [0.3, 0.4) is 0 Å². The van der Waals surface area contributed by atoms with E-state index in [1.807, 2.05) is 41.7 Å². The van der Waals surface area contributed by atoms with E-state index >= 15 is 0 Å². The zero-order chi connectivity index (χ0) is 18.7. The molecule has 0 saturated heterocycles. The third-order valence-electron chi connectivity index (χ3n) is 4.25. The first-order valence-corrected chi connectivity index (χ1v) is 10.1. The third kappa shape index (κ3) is 3.49. The maximum atomic E-state index is 11.5. The third-order valence-corrected chi connectivity index (χ3v) is 5.65. The van der Waals surface area contributed by atoms with Crippen molar-refractivity contribution in [1.29, 1.82) is 5.26 Å². The minimum atomic E-state index is -3.16. The van der Waals surface area contributed by atoms with Crippen LogP contribution in [-0.4, -0.2) is 36.6 Å². The molecule has 7 nitrogen and oxygen atoms in total. The Balaban J connectivity index is 1.88. The average molecular weight is 371 g/mol. The van der Waals surface area contributed by atoms with Gasteiger partial charge in [0.1, 0.15) is 11.9 Å². The molecule has 0 saturated carbocycles. The van der Waals surface area contributed by atoms with Gasteiger partial charge in [0.05, 0.1) is 22.3 Å². The molecule has 8 heteroatoms. The van der Waals surface area contributed by atoms with Crippen molar-refractivity contribution in [3.8, 4) is 6.07 Å². The van der Waals surface area contributed by atoms with E-state index in [1.165, 1.54) is 0 Å². The largest absolute Gasteiger partial charge is 0.371 e. The van der Waals surface area contributed by atoms with E-state index < -0.39 is 10.0 Å². The van der Waals surface area contributed by atoms with E-state index in [2.05, 4.69) is 21.1 Å². The molecule has 26 heavy (non-hydrogen) atoms. The van der Waals surface area contributed by atoms with Crippen LogP contribution in [0, 0.1) is 18.3 Å². The molecular weight excluding hydrogens is 350 g/mol. The van der Waals surface area contributed by atoms with Crippen molar-refractivity contribution in [2.45, 2.75) is 20.3 Å². The van der Waals surface area contributed by atoms with Crippen molar-refractivity contribution in [3.05, 3.63) is 41.5 Å². The monoisotopic (exact) mass is 371 g/mol. The number of anilines is 1. The zero-order valence-corrected chi connectivity index (χ0v) is 15.6. The summed E-state index contributed by atoms with van der Waals surface area (Å²) in [5, 5.41) is 12.8. The van der Waals surface area contributed by atoms with Gasteiger partial charge in [-0.1, -0.05) is 12.1 Å². The van der Waals surface area contributed by atoms with E-state index in [4.69, 9.17) is 0 Å². The summed E-state index contributed by atoms with van der Waals surface area (Å²) in [5.41, 5.74) is 3.79. The van der Waals surface area contributed by atoms with Crippen LogP contribution >= 0.6 is 0 Å². The van der Waals surface area contributed by atoms with Crippen LogP contribution in [0.25, 0.3) is 16.7 Å². The van der Waals surface area contributed by atoms with Gasteiger partial charge in [0.2, 0.25) is 10.0 Å². The van der Waals surface area contributed by atoms with Crippen LogP contribution in [0.15, 0.2) is 30.3 Å². The van der Waals surface area contributed by atoms with Crippen LogP contribution in [0.4, 0.5) is 5.82 Å². The normalized spacial score (nSPS) is 11.7. The number of pyridine rings is 1. The predicted molar refractivity (Wildman–Crippen MR) is 103 cm³/mol. The van der Waals surface area contributed by atoms with Gasteiger partial charge in [0.25, 0.3) is 0 Å². The summed E-state index contributed by atoms with van der Waals surface area (Å²) in [6.45, 7) is 4.48. The van der Waals surface area contributed by atoms with Crippen molar-refractivity contribution < 1.29 is 8.42 Å². The second-order valence-corrected chi connectivity index (χ2v) is 8.13. The van der Waals surface area contributed by atoms with Crippen LogP contribution in [0.5, 0.6) is 0 Å². The van der Waals surface area contributed by atoms with Crippen molar-refractivity contribution >= 4 is 32.5 Å². The van der Waals surface area contributed by atoms with Gasteiger partial charge in [-0.25, -0.2) is 18.1 Å². The molecule has 136 valence electrons. The van der Waals surface area contributed by atoms with E-state index in [0.29, 0.717) is 30.7 Å². The number of para-hydroxylation sites is 2. The number of sulfonamides is 1. The fraction of sp³-hybridized carbons (Fsp3) is 0.333. The Kier molecular flexibility index (Phi) is 5.11. The number of imidazole rings is 1. The highest BCUT2D eigenvalue weighted by Crippen LogP contribution is 2.26. The summed E-state index contributed by atoms with van der Waals surface area (Å²) in [6, 6.07) is 11.9. The molecule has 0 fully saturated rings. The lowest BCUT2D eigenvalue weighted by atomic mass is 10.1. The zero-order valence-electron chi connectivity index (χ0n) is 14.8. The molecule has 2 heterocycles. The number of fused-ring (bicyclic) bond motifs is 3. The molecule has 0 aliphatic carbocycles. The minimum Gasteiger partial charge on any atom is -0.371 e. The molecular formula is C18H21N5O2S. The molecule has 0 unspecified atom stereocenters. The number of hydrogen-bond acceptors (Lipinski definition) is 5. The summed E-state index contributed by atoms with van der Waals surface area (Å²) in [6.07, 6.45) is 0.645. The number of aryl methyl sites for hydroxylation is 1. The second kappa shape index (κ2) is 7.32. The molecule has 0 radical (unpaired) electrons. The Morgan fingerprint density at radius 2 is 2.04 bits per heavy atom. The lowest BCUT2D eigenvalue weighted by Crippen LogP contribution is -2.27. The van der Waals surface area contributed by atoms with Gasteiger partial charge in [-0.2, -0.15) is 5.26 Å². The van der Waals surface area contributed by atoms with Crippen LogP contribution < -0.4 is 10.0 Å². The highest BCUT2D eigenvalue weighted by atomic mass is 32.2. The van der Waals surface area contributed by atoms with Gasteiger partial charge in [-0.05, 0) is 44.0 Å².